The van der Waals surface area contributed by atoms with Crippen molar-refractivity contribution in [1.29, 1.82) is 0 Å². The van der Waals surface area contributed by atoms with Crippen molar-refractivity contribution in [2.75, 3.05) is 24.5 Å². The van der Waals surface area contributed by atoms with Crippen molar-refractivity contribution in [1.82, 2.24) is 9.88 Å². The molecule has 150 valence electrons. The highest BCUT2D eigenvalue weighted by Crippen LogP contribution is 2.42. The summed E-state index contributed by atoms with van der Waals surface area (Å²) in [5.74, 6) is -1.68. The molecule has 2 fully saturated rings. The zero-order chi connectivity index (χ0) is 20.0. The van der Waals surface area contributed by atoms with Gasteiger partial charge in [-0.2, -0.15) is 4.98 Å². The van der Waals surface area contributed by atoms with Gasteiger partial charge >= 0.3 is 0 Å². The number of halogens is 2. The highest BCUT2D eigenvalue weighted by Gasteiger charge is 2.49. The van der Waals surface area contributed by atoms with Gasteiger partial charge < -0.3 is 14.2 Å². The number of carbonyl (C=O) groups excluding carboxylic acids is 1. The largest absolute Gasteiger partial charge is 0.423 e. The Morgan fingerprint density at radius 3 is 2.76 bits per heavy atom. The molecule has 1 amide bonds. The summed E-state index contributed by atoms with van der Waals surface area (Å²) in [5, 5.41) is 0. The molecule has 0 unspecified atom stereocenters. The van der Waals surface area contributed by atoms with Crippen molar-refractivity contribution in [3.05, 3.63) is 59.7 Å². The Kier molecular flexibility index (Phi) is 4.26. The van der Waals surface area contributed by atoms with Gasteiger partial charge in [0.1, 0.15) is 5.52 Å². The predicted molar refractivity (Wildman–Crippen MR) is 104 cm³/mol. The van der Waals surface area contributed by atoms with Crippen LogP contribution in [0.4, 0.5) is 14.8 Å². The van der Waals surface area contributed by atoms with Gasteiger partial charge in [0, 0.05) is 26.2 Å². The molecule has 2 aliphatic rings. The molecular weight excluding hydrogens is 376 g/mol. The minimum atomic E-state index is -0.885. The van der Waals surface area contributed by atoms with E-state index in [0.717, 1.165) is 36.4 Å². The smallest absolute Gasteiger partial charge is 0.298 e. The minimum Gasteiger partial charge on any atom is -0.423 e. The van der Waals surface area contributed by atoms with Crippen LogP contribution in [0.5, 0.6) is 0 Å². The van der Waals surface area contributed by atoms with Gasteiger partial charge in [0.05, 0.1) is 5.41 Å². The van der Waals surface area contributed by atoms with E-state index in [-0.39, 0.29) is 5.91 Å². The maximum Gasteiger partial charge on any atom is 0.298 e. The maximum absolute atomic E-state index is 13.5. The monoisotopic (exact) mass is 397 g/mol. The van der Waals surface area contributed by atoms with E-state index in [0.29, 0.717) is 37.8 Å². The number of likely N-dealkylation sites (tertiary alicyclic amines) is 1. The van der Waals surface area contributed by atoms with Crippen LogP contribution in [0.1, 0.15) is 24.8 Å². The molecule has 3 heterocycles. The molecular formula is C22H21F2N3O2. The molecule has 0 radical (unpaired) electrons. The van der Waals surface area contributed by atoms with Crippen molar-refractivity contribution < 1.29 is 18.0 Å². The molecule has 0 bridgehead atoms. The third-order valence-electron chi connectivity index (χ3n) is 6.09. The number of nitrogens with zero attached hydrogens (tertiary/aromatic N) is 3. The molecule has 2 aromatic carbocycles. The van der Waals surface area contributed by atoms with Crippen molar-refractivity contribution in [2.45, 2.75) is 25.8 Å². The van der Waals surface area contributed by atoms with Gasteiger partial charge in [-0.3, -0.25) is 4.79 Å². The van der Waals surface area contributed by atoms with E-state index in [1.54, 1.807) is 4.90 Å². The van der Waals surface area contributed by atoms with Crippen molar-refractivity contribution >= 4 is 23.0 Å². The SMILES string of the molecule is O=C1N(Cc2ccc(F)c(F)c2)CCC[C@@]12CCN(c1nc3ccccc3o1)C2. The number of fused-ring (bicyclic) bond motifs is 1. The van der Waals surface area contributed by atoms with Gasteiger partial charge in [0.15, 0.2) is 17.2 Å². The van der Waals surface area contributed by atoms with E-state index in [4.69, 9.17) is 4.42 Å². The van der Waals surface area contributed by atoms with Gasteiger partial charge in [0.25, 0.3) is 6.01 Å². The number of carbonyl (C=O) groups is 1. The van der Waals surface area contributed by atoms with Crippen LogP contribution in [0.2, 0.25) is 0 Å². The molecule has 3 aromatic rings. The third kappa shape index (κ3) is 3.14. The van der Waals surface area contributed by atoms with Gasteiger partial charge in [0.2, 0.25) is 5.91 Å². The summed E-state index contributed by atoms with van der Waals surface area (Å²) in [7, 11) is 0. The number of aromatic nitrogens is 1. The molecule has 29 heavy (non-hydrogen) atoms. The number of hydrogen-bond acceptors (Lipinski definition) is 4. The van der Waals surface area contributed by atoms with E-state index in [9.17, 15) is 13.6 Å². The number of para-hydroxylation sites is 2. The summed E-state index contributed by atoms with van der Waals surface area (Å²) in [6, 6.07) is 12.0. The molecule has 0 saturated carbocycles. The minimum absolute atomic E-state index is 0.0760. The van der Waals surface area contributed by atoms with Crippen LogP contribution in [-0.2, 0) is 11.3 Å². The van der Waals surface area contributed by atoms with Crippen LogP contribution < -0.4 is 4.90 Å². The lowest BCUT2D eigenvalue weighted by atomic mass is 9.78. The fourth-order valence-corrected chi connectivity index (χ4v) is 4.57. The molecule has 1 spiro atoms. The highest BCUT2D eigenvalue weighted by molar-refractivity contribution is 5.85. The summed E-state index contributed by atoms with van der Waals surface area (Å²) >= 11 is 0. The fourth-order valence-electron chi connectivity index (χ4n) is 4.57. The molecule has 1 atom stereocenters. The van der Waals surface area contributed by atoms with Crippen LogP contribution in [0.3, 0.4) is 0 Å². The maximum atomic E-state index is 13.5. The van der Waals surface area contributed by atoms with Gasteiger partial charge in [-0.05, 0) is 49.1 Å². The topological polar surface area (TPSA) is 49.6 Å². The lowest BCUT2D eigenvalue weighted by Gasteiger charge is -2.39. The molecule has 5 nitrogen and oxygen atoms in total. The predicted octanol–water partition coefficient (Wildman–Crippen LogP) is 4.13. The second-order valence-corrected chi connectivity index (χ2v) is 7.99. The van der Waals surface area contributed by atoms with Crippen LogP contribution in [0.25, 0.3) is 11.1 Å². The summed E-state index contributed by atoms with van der Waals surface area (Å²) < 4.78 is 32.6. The Balaban J connectivity index is 1.34. The van der Waals surface area contributed by atoms with E-state index in [1.807, 2.05) is 29.2 Å². The van der Waals surface area contributed by atoms with Crippen LogP contribution >= 0.6 is 0 Å². The number of anilines is 1. The second-order valence-electron chi connectivity index (χ2n) is 7.99. The van der Waals surface area contributed by atoms with E-state index in [2.05, 4.69) is 4.98 Å². The lowest BCUT2D eigenvalue weighted by Crippen LogP contribution is -2.49. The average Bonchev–Trinajstić information content (AvgIpc) is 3.33. The van der Waals surface area contributed by atoms with Gasteiger partial charge in [-0.1, -0.05) is 18.2 Å². The average molecular weight is 397 g/mol. The van der Waals surface area contributed by atoms with E-state index < -0.39 is 17.0 Å². The summed E-state index contributed by atoms with van der Waals surface area (Å²) in [6.07, 6.45) is 2.44. The standard InChI is InChI=1S/C22H21F2N3O2/c23-16-7-6-15(12-17(16)24)13-26-10-3-8-22(20(26)28)9-11-27(14-22)21-25-18-4-1-2-5-19(18)29-21/h1-2,4-7,12H,3,8-11,13-14H2/t22-/m0/s1. The number of hydrogen-bond donors (Lipinski definition) is 0. The number of oxazole rings is 1. The Morgan fingerprint density at radius 1 is 1.07 bits per heavy atom. The highest BCUT2D eigenvalue weighted by atomic mass is 19.2. The Bertz CT molecular complexity index is 1050. The second kappa shape index (κ2) is 6.83. The fraction of sp³-hybridized carbons (Fsp3) is 0.364. The number of amides is 1. The first-order chi connectivity index (χ1) is 14.0. The molecule has 0 aliphatic carbocycles. The molecule has 7 heteroatoms. The normalized spacial score (nSPS) is 22.2. The summed E-state index contributed by atoms with van der Waals surface area (Å²) in [6.45, 7) is 2.19. The Morgan fingerprint density at radius 2 is 1.93 bits per heavy atom. The summed E-state index contributed by atoms with van der Waals surface area (Å²) in [5.41, 5.74) is 1.66. The van der Waals surface area contributed by atoms with Gasteiger partial charge in [-0.15, -0.1) is 0 Å². The van der Waals surface area contributed by atoms with Crippen LogP contribution in [-0.4, -0.2) is 35.4 Å². The molecule has 1 aromatic heterocycles. The first-order valence-corrected chi connectivity index (χ1v) is 9.88. The third-order valence-corrected chi connectivity index (χ3v) is 6.09. The zero-order valence-corrected chi connectivity index (χ0v) is 15.9. The van der Waals surface area contributed by atoms with E-state index >= 15 is 0 Å². The quantitative estimate of drug-likeness (QED) is 0.667. The number of benzene rings is 2. The number of rotatable bonds is 3. The first kappa shape index (κ1) is 18.1. The van der Waals surface area contributed by atoms with Crippen molar-refractivity contribution in [3.63, 3.8) is 0 Å². The number of piperidine rings is 1. The van der Waals surface area contributed by atoms with Crippen molar-refractivity contribution in [2.24, 2.45) is 5.41 Å². The Labute approximate surface area is 166 Å². The molecule has 2 aliphatic heterocycles. The molecule has 0 N–H and O–H groups in total. The Hall–Kier alpha value is -2.96. The van der Waals surface area contributed by atoms with Crippen molar-refractivity contribution in [3.8, 4) is 0 Å². The summed E-state index contributed by atoms with van der Waals surface area (Å²) in [4.78, 5) is 21.7. The molecule has 5 rings (SSSR count). The first-order valence-electron chi connectivity index (χ1n) is 9.88. The van der Waals surface area contributed by atoms with Crippen LogP contribution in [0, 0.1) is 17.0 Å². The lowest BCUT2D eigenvalue weighted by molar-refractivity contribution is -0.145. The zero-order valence-electron chi connectivity index (χ0n) is 15.9. The van der Waals surface area contributed by atoms with Crippen LogP contribution in [0.15, 0.2) is 46.9 Å². The van der Waals surface area contributed by atoms with Gasteiger partial charge in [-0.25, -0.2) is 8.78 Å². The molecule has 2 saturated heterocycles. The van der Waals surface area contributed by atoms with E-state index in [1.165, 1.54) is 12.1 Å².